The van der Waals surface area contributed by atoms with Gasteiger partial charge in [-0.05, 0) is 32.9 Å². The van der Waals surface area contributed by atoms with Crippen LogP contribution in [0.2, 0.25) is 0 Å². The van der Waals surface area contributed by atoms with E-state index in [0.717, 1.165) is 25.9 Å². The van der Waals surface area contributed by atoms with E-state index < -0.39 is 0 Å². The Bertz CT molecular complexity index is 327. The maximum Gasteiger partial charge on any atom is 0.0254 e. The van der Waals surface area contributed by atoms with E-state index in [4.69, 9.17) is 5.73 Å². The van der Waals surface area contributed by atoms with Crippen molar-refractivity contribution in [3.05, 3.63) is 35.4 Å². The minimum Gasteiger partial charge on any atom is -0.324 e. The second-order valence-electron chi connectivity index (χ2n) is 5.56. The summed E-state index contributed by atoms with van der Waals surface area (Å²) >= 11 is 0. The maximum absolute atomic E-state index is 6.26. The first-order valence-corrected chi connectivity index (χ1v) is 6.46. The van der Waals surface area contributed by atoms with Crippen molar-refractivity contribution in [1.29, 1.82) is 0 Å². The van der Waals surface area contributed by atoms with Crippen molar-refractivity contribution in [2.75, 3.05) is 13.6 Å². The van der Waals surface area contributed by atoms with Crippen molar-refractivity contribution in [1.82, 2.24) is 4.90 Å². The molecule has 0 aromatic heterocycles. The molecular formula is C15H26N2. The van der Waals surface area contributed by atoms with Crippen molar-refractivity contribution >= 4 is 0 Å². The molecule has 1 atom stereocenters. The van der Waals surface area contributed by atoms with E-state index in [1.54, 1.807) is 0 Å². The zero-order chi connectivity index (χ0) is 12.9. The first kappa shape index (κ1) is 14.2. The van der Waals surface area contributed by atoms with Gasteiger partial charge >= 0.3 is 0 Å². The highest BCUT2D eigenvalue weighted by atomic mass is 15.1. The molecule has 0 fully saturated rings. The molecule has 0 saturated carbocycles. The standard InChI is InChI=1S/C15H26N2/c1-5-10-15(3,16)12-17(4)11-14-8-6-13(2)7-9-14/h6-9H,5,10-12,16H2,1-4H3. The van der Waals surface area contributed by atoms with E-state index in [1.165, 1.54) is 11.1 Å². The van der Waals surface area contributed by atoms with E-state index in [1.807, 2.05) is 0 Å². The fourth-order valence-corrected chi connectivity index (χ4v) is 2.33. The van der Waals surface area contributed by atoms with Gasteiger partial charge < -0.3 is 10.6 Å². The van der Waals surface area contributed by atoms with Gasteiger partial charge in [0.15, 0.2) is 0 Å². The Labute approximate surface area is 106 Å². The first-order valence-electron chi connectivity index (χ1n) is 6.46. The Balaban J connectivity index is 2.49. The fraction of sp³-hybridized carbons (Fsp3) is 0.600. The van der Waals surface area contributed by atoms with Crippen LogP contribution >= 0.6 is 0 Å². The van der Waals surface area contributed by atoms with Crippen molar-refractivity contribution < 1.29 is 0 Å². The highest BCUT2D eigenvalue weighted by Gasteiger charge is 2.19. The molecule has 1 unspecified atom stereocenters. The third kappa shape index (κ3) is 5.33. The Morgan fingerprint density at radius 3 is 2.35 bits per heavy atom. The van der Waals surface area contributed by atoms with Crippen LogP contribution in [0.25, 0.3) is 0 Å². The molecule has 0 bridgehead atoms. The summed E-state index contributed by atoms with van der Waals surface area (Å²) in [6.45, 7) is 8.35. The van der Waals surface area contributed by atoms with Gasteiger partial charge in [0.2, 0.25) is 0 Å². The van der Waals surface area contributed by atoms with Gasteiger partial charge in [-0.3, -0.25) is 0 Å². The number of nitrogens with zero attached hydrogens (tertiary/aromatic N) is 1. The van der Waals surface area contributed by atoms with Crippen LogP contribution in [0.5, 0.6) is 0 Å². The Morgan fingerprint density at radius 2 is 1.82 bits per heavy atom. The molecule has 1 aromatic rings. The topological polar surface area (TPSA) is 29.3 Å². The summed E-state index contributed by atoms with van der Waals surface area (Å²) in [5.41, 5.74) is 8.85. The van der Waals surface area contributed by atoms with E-state index in [2.05, 4.69) is 57.0 Å². The Morgan fingerprint density at radius 1 is 1.24 bits per heavy atom. The molecule has 17 heavy (non-hydrogen) atoms. The molecule has 0 heterocycles. The monoisotopic (exact) mass is 234 g/mol. The van der Waals surface area contributed by atoms with Crippen LogP contribution in [0.1, 0.15) is 37.8 Å². The molecule has 0 amide bonds. The van der Waals surface area contributed by atoms with Gasteiger partial charge in [-0.2, -0.15) is 0 Å². The molecular weight excluding hydrogens is 208 g/mol. The highest BCUT2D eigenvalue weighted by molar-refractivity contribution is 5.21. The molecule has 0 aliphatic carbocycles. The molecule has 2 heteroatoms. The molecule has 1 aromatic carbocycles. The van der Waals surface area contributed by atoms with Crippen LogP contribution in [-0.2, 0) is 6.54 Å². The summed E-state index contributed by atoms with van der Waals surface area (Å²) in [4.78, 5) is 2.31. The summed E-state index contributed by atoms with van der Waals surface area (Å²) in [6, 6.07) is 8.72. The Hall–Kier alpha value is -0.860. The summed E-state index contributed by atoms with van der Waals surface area (Å²) in [7, 11) is 2.14. The molecule has 0 spiro atoms. The van der Waals surface area contributed by atoms with Gasteiger partial charge in [0, 0.05) is 18.6 Å². The number of nitrogens with two attached hydrogens (primary N) is 1. The van der Waals surface area contributed by atoms with Crippen LogP contribution in [0, 0.1) is 6.92 Å². The van der Waals surface area contributed by atoms with Crippen LogP contribution in [-0.4, -0.2) is 24.0 Å². The predicted molar refractivity (Wildman–Crippen MR) is 75.0 cm³/mol. The van der Waals surface area contributed by atoms with Crippen LogP contribution in [0.4, 0.5) is 0 Å². The summed E-state index contributed by atoms with van der Waals surface area (Å²) in [5.74, 6) is 0. The van der Waals surface area contributed by atoms with Crippen molar-refractivity contribution in [3.63, 3.8) is 0 Å². The van der Waals surface area contributed by atoms with Gasteiger partial charge in [0.25, 0.3) is 0 Å². The van der Waals surface area contributed by atoms with E-state index in [9.17, 15) is 0 Å². The number of rotatable bonds is 6. The van der Waals surface area contributed by atoms with Gasteiger partial charge in [0.05, 0.1) is 0 Å². The van der Waals surface area contributed by atoms with Crippen LogP contribution in [0.15, 0.2) is 24.3 Å². The number of hydrogen-bond acceptors (Lipinski definition) is 2. The normalized spacial score (nSPS) is 14.9. The first-order chi connectivity index (χ1) is 7.93. The number of benzene rings is 1. The number of likely N-dealkylation sites (N-methyl/N-ethyl adjacent to an activating group) is 1. The minimum absolute atomic E-state index is 0.0752. The molecule has 96 valence electrons. The minimum atomic E-state index is -0.0752. The molecule has 0 saturated heterocycles. The number of hydrogen-bond donors (Lipinski definition) is 1. The molecule has 0 aliphatic rings. The Kier molecular flexibility index (Phi) is 5.16. The summed E-state index contributed by atoms with van der Waals surface area (Å²) < 4.78 is 0. The van der Waals surface area contributed by atoms with E-state index >= 15 is 0 Å². The third-order valence-electron chi connectivity index (χ3n) is 3.03. The van der Waals surface area contributed by atoms with Crippen LogP contribution < -0.4 is 5.73 Å². The smallest absolute Gasteiger partial charge is 0.0254 e. The van der Waals surface area contributed by atoms with Crippen molar-refractivity contribution in [2.45, 2.75) is 45.7 Å². The lowest BCUT2D eigenvalue weighted by Gasteiger charge is -2.30. The quantitative estimate of drug-likeness (QED) is 0.820. The van der Waals surface area contributed by atoms with Crippen molar-refractivity contribution in [3.8, 4) is 0 Å². The largest absolute Gasteiger partial charge is 0.324 e. The maximum atomic E-state index is 6.26. The average molecular weight is 234 g/mol. The van der Waals surface area contributed by atoms with E-state index in [-0.39, 0.29) is 5.54 Å². The lowest BCUT2D eigenvalue weighted by molar-refractivity contribution is 0.241. The fourth-order valence-electron chi connectivity index (χ4n) is 2.33. The molecule has 0 aliphatic heterocycles. The highest BCUT2D eigenvalue weighted by Crippen LogP contribution is 2.12. The van der Waals surface area contributed by atoms with Gasteiger partial charge in [-0.25, -0.2) is 0 Å². The van der Waals surface area contributed by atoms with Gasteiger partial charge in [-0.15, -0.1) is 0 Å². The summed E-state index contributed by atoms with van der Waals surface area (Å²) in [6.07, 6.45) is 2.22. The molecule has 0 radical (unpaired) electrons. The molecule has 2 N–H and O–H groups in total. The summed E-state index contributed by atoms with van der Waals surface area (Å²) in [5, 5.41) is 0. The zero-order valence-corrected chi connectivity index (χ0v) is 11.7. The zero-order valence-electron chi connectivity index (χ0n) is 11.7. The second-order valence-corrected chi connectivity index (χ2v) is 5.56. The van der Waals surface area contributed by atoms with Crippen molar-refractivity contribution in [2.24, 2.45) is 5.73 Å². The second kappa shape index (κ2) is 6.18. The van der Waals surface area contributed by atoms with Gasteiger partial charge in [0.1, 0.15) is 0 Å². The number of aryl methyl sites for hydroxylation is 1. The van der Waals surface area contributed by atoms with E-state index in [0.29, 0.717) is 0 Å². The molecule has 1 rings (SSSR count). The SMILES string of the molecule is CCCC(C)(N)CN(C)Cc1ccc(C)cc1. The molecule has 2 nitrogen and oxygen atoms in total. The third-order valence-corrected chi connectivity index (χ3v) is 3.03. The van der Waals surface area contributed by atoms with Gasteiger partial charge in [-0.1, -0.05) is 43.2 Å². The average Bonchev–Trinajstić information content (AvgIpc) is 2.20. The van der Waals surface area contributed by atoms with Crippen LogP contribution in [0.3, 0.4) is 0 Å². The lowest BCUT2D eigenvalue weighted by atomic mass is 9.97. The predicted octanol–water partition coefficient (Wildman–Crippen LogP) is 2.94. The lowest BCUT2D eigenvalue weighted by Crippen LogP contribution is -2.46.